The lowest BCUT2D eigenvalue weighted by Gasteiger charge is -2.11. The summed E-state index contributed by atoms with van der Waals surface area (Å²) in [5, 5.41) is 4.94. The van der Waals surface area contributed by atoms with Crippen molar-refractivity contribution in [3.63, 3.8) is 0 Å². The number of benzene rings is 1. The van der Waals surface area contributed by atoms with Crippen LogP contribution in [0.5, 0.6) is 0 Å². The number of fused-ring (bicyclic) bond motifs is 2. The molecule has 1 aliphatic carbocycles. The molecule has 4 rings (SSSR count). The Morgan fingerprint density at radius 3 is 2.65 bits per heavy atom. The summed E-state index contributed by atoms with van der Waals surface area (Å²) in [6, 6.07) is 9.23. The van der Waals surface area contributed by atoms with Crippen molar-refractivity contribution in [1.29, 1.82) is 0 Å². The average molecular weight is 331 g/mol. The largest absolute Gasteiger partial charge is 0.378 e. The van der Waals surface area contributed by atoms with Gasteiger partial charge in [-0.15, -0.1) is 36.2 Å². The molecule has 1 N–H and O–H groups in total. The number of anilines is 1. The molecule has 2 nitrogen and oxygen atoms in total. The van der Waals surface area contributed by atoms with E-state index in [9.17, 15) is 0 Å². The second-order valence-electron chi connectivity index (χ2n) is 5.92. The fourth-order valence-corrected chi connectivity index (χ4v) is 4.60. The van der Waals surface area contributed by atoms with Crippen LogP contribution in [0.4, 0.5) is 5.69 Å². The molecule has 110 valence electrons. The molecule has 5 heteroatoms. The first kappa shape index (κ1) is 15.9. The van der Waals surface area contributed by atoms with Crippen molar-refractivity contribution < 1.29 is 0 Å². The molecule has 1 saturated heterocycles. The van der Waals surface area contributed by atoms with E-state index in [1.54, 1.807) is 4.88 Å². The summed E-state index contributed by atoms with van der Waals surface area (Å²) in [7, 11) is 4.20. The molecule has 1 saturated carbocycles. The molecule has 1 aliphatic heterocycles. The van der Waals surface area contributed by atoms with E-state index in [1.165, 1.54) is 35.3 Å². The number of halogens is 2. The topological polar surface area (TPSA) is 15.3 Å². The summed E-state index contributed by atoms with van der Waals surface area (Å²) >= 11 is 2.00. The molecule has 2 fully saturated rings. The summed E-state index contributed by atoms with van der Waals surface area (Å²) in [4.78, 5) is 3.77. The van der Waals surface area contributed by atoms with Gasteiger partial charge in [0.05, 0.1) is 0 Å². The summed E-state index contributed by atoms with van der Waals surface area (Å²) in [6.45, 7) is 2.40. The Morgan fingerprint density at radius 1 is 1.25 bits per heavy atom. The minimum atomic E-state index is 0. The number of thiophene rings is 1. The van der Waals surface area contributed by atoms with E-state index in [-0.39, 0.29) is 24.8 Å². The van der Waals surface area contributed by atoms with Crippen molar-refractivity contribution in [2.75, 3.05) is 32.1 Å². The smallest absolute Gasteiger partial charge is 0.0368 e. The summed E-state index contributed by atoms with van der Waals surface area (Å²) in [5.74, 6) is 0.902. The van der Waals surface area contributed by atoms with Crippen LogP contribution in [0.25, 0.3) is 10.1 Å². The summed E-state index contributed by atoms with van der Waals surface area (Å²) < 4.78 is 1.43. The minimum Gasteiger partial charge on any atom is -0.378 e. The highest BCUT2D eigenvalue weighted by atomic mass is 35.5. The van der Waals surface area contributed by atoms with Crippen molar-refractivity contribution in [1.82, 2.24) is 5.32 Å². The molecular formula is C15H20Cl2N2S. The van der Waals surface area contributed by atoms with Gasteiger partial charge in [-0.3, -0.25) is 0 Å². The molecule has 0 amide bonds. The van der Waals surface area contributed by atoms with Crippen LogP contribution in [0.15, 0.2) is 24.3 Å². The fourth-order valence-electron chi connectivity index (χ4n) is 3.28. The maximum atomic E-state index is 3.53. The predicted molar refractivity (Wildman–Crippen MR) is 93.3 cm³/mol. The quantitative estimate of drug-likeness (QED) is 0.903. The number of nitrogens with zero attached hydrogens (tertiary/aromatic N) is 1. The highest BCUT2D eigenvalue weighted by Crippen LogP contribution is 2.58. The van der Waals surface area contributed by atoms with E-state index in [0.29, 0.717) is 5.41 Å². The number of piperidine rings is 1. The molecule has 2 aliphatic rings. The SMILES string of the molecule is CN(C)c1ccc2sc(C34CNCC3C4)cc2c1.Cl.Cl. The molecule has 20 heavy (non-hydrogen) atoms. The molecule has 0 bridgehead atoms. The Morgan fingerprint density at radius 2 is 2.05 bits per heavy atom. The van der Waals surface area contributed by atoms with Crippen LogP contribution >= 0.6 is 36.2 Å². The van der Waals surface area contributed by atoms with Crippen LogP contribution in [-0.2, 0) is 5.41 Å². The van der Waals surface area contributed by atoms with Gasteiger partial charge in [-0.25, -0.2) is 0 Å². The first-order valence-electron chi connectivity index (χ1n) is 6.61. The van der Waals surface area contributed by atoms with E-state index in [4.69, 9.17) is 0 Å². The second-order valence-corrected chi connectivity index (χ2v) is 7.00. The number of rotatable bonds is 2. The lowest BCUT2D eigenvalue weighted by molar-refractivity contribution is 0.686. The lowest BCUT2D eigenvalue weighted by atomic mass is 10.0. The zero-order chi connectivity index (χ0) is 12.3. The molecule has 1 aromatic heterocycles. The Balaban J connectivity index is 0.000000735. The molecule has 2 heterocycles. The molecule has 2 atom stereocenters. The normalized spacial score (nSPS) is 26.6. The van der Waals surface area contributed by atoms with Crippen molar-refractivity contribution in [2.24, 2.45) is 5.92 Å². The number of nitrogens with one attached hydrogen (secondary N) is 1. The van der Waals surface area contributed by atoms with Gasteiger partial charge in [-0.2, -0.15) is 0 Å². The van der Waals surface area contributed by atoms with E-state index in [1.807, 2.05) is 11.3 Å². The highest BCUT2D eigenvalue weighted by molar-refractivity contribution is 7.19. The Bertz CT molecular complexity index is 625. The van der Waals surface area contributed by atoms with Gasteiger partial charge in [0.1, 0.15) is 0 Å². The monoisotopic (exact) mass is 330 g/mol. The average Bonchev–Trinajstić information content (AvgIpc) is 2.76. The second kappa shape index (κ2) is 5.38. The van der Waals surface area contributed by atoms with E-state index in [0.717, 1.165) is 5.92 Å². The zero-order valence-corrected chi connectivity index (χ0v) is 14.1. The lowest BCUT2D eigenvalue weighted by Crippen LogP contribution is -2.18. The van der Waals surface area contributed by atoms with Crippen molar-refractivity contribution in [3.05, 3.63) is 29.1 Å². The fraction of sp³-hybridized carbons (Fsp3) is 0.467. The Labute approximate surface area is 136 Å². The van der Waals surface area contributed by atoms with Crippen LogP contribution in [0.3, 0.4) is 0 Å². The maximum absolute atomic E-state index is 3.53. The first-order valence-corrected chi connectivity index (χ1v) is 7.43. The van der Waals surface area contributed by atoms with Crippen molar-refractivity contribution in [3.8, 4) is 0 Å². The zero-order valence-electron chi connectivity index (χ0n) is 11.7. The third kappa shape index (κ3) is 2.21. The minimum absolute atomic E-state index is 0. The van der Waals surface area contributed by atoms with Gasteiger partial charge in [-0.05, 0) is 48.5 Å². The molecule has 0 spiro atoms. The first-order chi connectivity index (χ1) is 8.69. The molecule has 0 radical (unpaired) electrons. The standard InChI is InChI=1S/C15H18N2S.2ClH/c1-17(2)12-3-4-13-10(5-12)6-14(18-13)15-7-11(15)8-16-9-15;;/h3-6,11,16H,7-9H2,1-2H3;2*1H. The van der Waals surface area contributed by atoms with Crippen LogP contribution < -0.4 is 10.2 Å². The van der Waals surface area contributed by atoms with Gasteiger partial charge < -0.3 is 10.2 Å². The van der Waals surface area contributed by atoms with E-state index < -0.39 is 0 Å². The summed E-state index contributed by atoms with van der Waals surface area (Å²) in [5.41, 5.74) is 1.79. The third-order valence-corrected chi connectivity index (χ3v) is 5.91. The molecule has 1 aromatic carbocycles. The van der Waals surface area contributed by atoms with Crippen molar-refractivity contribution >= 4 is 51.9 Å². The van der Waals surface area contributed by atoms with Crippen LogP contribution in [0.1, 0.15) is 11.3 Å². The number of hydrogen-bond donors (Lipinski definition) is 1. The van der Waals surface area contributed by atoms with Crippen molar-refractivity contribution in [2.45, 2.75) is 11.8 Å². The molecule has 2 unspecified atom stereocenters. The van der Waals surface area contributed by atoms with Gasteiger partial charge in [0.15, 0.2) is 0 Å². The van der Waals surface area contributed by atoms with Crippen LogP contribution in [0, 0.1) is 5.92 Å². The molecular weight excluding hydrogens is 311 g/mol. The van der Waals surface area contributed by atoms with Gasteiger partial charge in [0, 0.05) is 41.3 Å². The van der Waals surface area contributed by atoms with Gasteiger partial charge >= 0.3 is 0 Å². The van der Waals surface area contributed by atoms with Crippen LogP contribution in [-0.4, -0.2) is 27.2 Å². The number of hydrogen-bond acceptors (Lipinski definition) is 3. The Kier molecular flexibility index (Phi) is 4.27. The molecule has 2 aromatic rings. The maximum Gasteiger partial charge on any atom is 0.0368 e. The van der Waals surface area contributed by atoms with E-state index in [2.05, 4.69) is 48.6 Å². The third-order valence-electron chi connectivity index (χ3n) is 4.57. The highest BCUT2D eigenvalue weighted by Gasteiger charge is 2.58. The predicted octanol–water partition coefficient (Wildman–Crippen LogP) is 3.67. The van der Waals surface area contributed by atoms with Gasteiger partial charge in [0.25, 0.3) is 0 Å². The van der Waals surface area contributed by atoms with Gasteiger partial charge in [-0.1, -0.05) is 0 Å². The summed E-state index contributed by atoms with van der Waals surface area (Å²) in [6.07, 6.45) is 1.40. The van der Waals surface area contributed by atoms with E-state index >= 15 is 0 Å². The van der Waals surface area contributed by atoms with Gasteiger partial charge in [0.2, 0.25) is 0 Å². The van der Waals surface area contributed by atoms with Crippen LogP contribution in [0.2, 0.25) is 0 Å². The Hall–Kier alpha value is -0.480.